The molecule has 140 valence electrons. The van der Waals surface area contributed by atoms with Crippen LogP contribution in [0.5, 0.6) is 0 Å². The molecule has 2 aromatic carbocycles. The van der Waals surface area contributed by atoms with Crippen LogP contribution in [0, 0.1) is 13.8 Å². The minimum absolute atomic E-state index is 0.284. The molecule has 0 radical (unpaired) electrons. The number of nitrogens with one attached hydrogen (secondary N) is 2. The third kappa shape index (κ3) is 3.01. The number of H-pyrrole nitrogens is 1. The van der Waals surface area contributed by atoms with Crippen LogP contribution in [0.15, 0.2) is 53.9 Å². The minimum Gasteiger partial charge on any atom is -0.378 e. The maximum atomic E-state index is 4.92. The molecule has 2 N–H and O–H groups in total. The van der Waals surface area contributed by atoms with Crippen molar-refractivity contribution in [3.8, 4) is 10.6 Å². The highest BCUT2D eigenvalue weighted by atomic mass is 32.1. The van der Waals surface area contributed by atoms with Crippen molar-refractivity contribution in [2.24, 2.45) is 0 Å². The zero-order chi connectivity index (χ0) is 19.3. The first-order chi connectivity index (χ1) is 13.6. The van der Waals surface area contributed by atoms with E-state index in [0.29, 0.717) is 0 Å². The SMILES string of the molecule is Cc1ccc2nc(-c3c(C)[nH]c4ccc(NC(C)c5cccs5)cc34)sc2c1. The summed E-state index contributed by atoms with van der Waals surface area (Å²) in [5.74, 6) is 0. The molecule has 5 rings (SSSR count). The molecule has 0 aliphatic carbocycles. The summed E-state index contributed by atoms with van der Waals surface area (Å²) in [5.41, 5.74) is 6.99. The molecule has 1 unspecified atom stereocenters. The van der Waals surface area contributed by atoms with Crippen LogP contribution in [-0.2, 0) is 0 Å². The van der Waals surface area contributed by atoms with Gasteiger partial charge in [0.05, 0.1) is 16.3 Å². The summed E-state index contributed by atoms with van der Waals surface area (Å²) in [5, 5.41) is 8.06. The molecule has 5 heteroatoms. The second kappa shape index (κ2) is 6.76. The molecule has 0 bridgehead atoms. The lowest BCUT2D eigenvalue weighted by Crippen LogP contribution is -2.04. The van der Waals surface area contributed by atoms with Gasteiger partial charge in [0.25, 0.3) is 0 Å². The van der Waals surface area contributed by atoms with E-state index in [9.17, 15) is 0 Å². The van der Waals surface area contributed by atoms with Crippen LogP contribution in [0.2, 0.25) is 0 Å². The van der Waals surface area contributed by atoms with Crippen LogP contribution < -0.4 is 5.32 Å². The first-order valence-corrected chi connectivity index (χ1v) is 11.1. The zero-order valence-electron chi connectivity index (χ0n) is 16.0. The standard InChI is InChI=1S/C23H21N3S2/c1-13-6-8-19-21(11-13)28-23(26-19)22-15(3)25-18-9-7-16(12-17(18)22)24-14(2)20-5-4-10-27-20/h4-12,14,24-25H,1-3H3. The number of aromatic nitrogens is 2. The molecule has 0 saturated heterocycles. The average molecular weight is 404 g/mol. The number of hydrogen-bond donors (Lipinski definition) is 2. The van der Waals surface area contributed by atoms with Gasteiger partial charge in [-0.05, 0) is 68.1 Å². The summed E-state index contributed by atoms with van der Waals surface area (Å²) in [6, 6.07) is 17.6. The number of nitrogens with zero attached hydrogens (tertiary/aromatic N) is 1. The molecule has 5 aromatic rings. The van der Waals surface area contributed by atoms with Crippen molar-refractivity contribution >= 4 is 49.5 Å². The van der Waals surface area contributed by atoms with Crippen molar-refractivity contribution in [3.63, 3.8) is 0 Å². The molecular formula is C23H21N3S2. The van der Waals surface area contributed by atoms with Gasteiger partial charge in [-0.3, -0.25) is 0 Å². The Kier molecular flexibility index (Phi) is 4.22. The zero-order valence-corrected chi connectivity index (χ0v) is 17.7. The lowest BCUT2D eigenvalue weighted by molar-refractivity contribution is 0.909. The molecule has 3 nitrogen and oxygen atoms in total. The number of rotatable bonds is 4. The van der Waals surface area contributed by atoms with E-state index in [1.54, 1.807) is 22.7 Å². The summed E-state index contributed by atoms with van der Waals surface area (Å²) in [6.45, 7) is 6.46. The van der Waals surface area contributed by atoms with Gasteiger partial charge in [0, 0.05) is 32.7 Å². The maximum Gasteiger partial charge on any atom is 0.127 e. The fourth-order valence-electron chi connectivity index (χ4n) is 3.69. The van der Waals surface area contributed by atoms with E-state index in [4.69, 9.17) is 4.98 Å². The van der Waals surface area contributed by atoms with E-state index < -0.39 is 0 Å². The van der Waals surface area contributed by atoms with Crippen molar-refractivity contribution in [2.45, 2.75) is 26.8 Å². The predicted molar refractivity (Wildman–Crippen MR) is 123 cm³/mol. The van der Waals surface area contributed by atoms with E-state index in [0.717, 1.165) is 27.4 Å². The number of benzene rings is 2. The lowest BCUT2D eigenvalue weighted by atomic mass is 10.1. The Morgan fingerprint density at radius 3 is 2.79 bits per heavy atom. The Hall–Kier alpha value is -2.63. The Balaban J connectivity index is 1.59. The van der Waals surface area contributed by atoms with Crippen molar-refractivity contribution in [2.75, 3.05) is 5.32 Å². The van der Waals surface area contributed by atoms with Crippen molar-refractivity contribution in [1.29, 1.82) is 0 Å². The number of fused-ring (bicyclic) bond motifs is 2. The van der Waals surface area contributed by atoms with Crippen molar-refractivity contribution < 1.29 is 0 Å². The molecule has 1 atom stereocenters. The molecule has 3 heterocycles. The molecule has 0 fully saturated rings. The minimum atomic E-state index is 0.284. The highest BCUT2D eigenvalue weighted by Crippen LogP contribution is 2.38. The largest absolute Gasteiger partial charge is 0.378 e. The number of thiophene rings is 1. The summed E-state index contributed by atoms with van der Waals surface area (Å²) in [7, 11) is 0. The lowest BCUT2D eigenvalue weighted by Gasteiger charge is -2.14. The number of aromatic amines is 1. The Labute approximate surface area is 172 Å². The fourth-order valence-corrected chi connectivity index (χ4v) is 5.60. The Morgan fingerprint density at radius 1 is 1.07 bits per heavy atom. The van der Waals surface area contributed by atoms with Crippen LogP contribution in [0.3, 0.4) is 0 Å². The van der Waals surface area contributed by atoms with Gasteiger partial charge in [0.1, 0.15) is 5.01 Å². The topological polar surface area (TPSA) is 40.7 Å². The van der Waals surface area contributed by atoms with Crippen LogP contribution >= 0.6 is 22.7 Å². The highest BCUT2D eigenvalue weighted by molar-refractivity contribution is 7.21. The molecule has 0 saturated carbocycles. The average Bonchev–Trinajstić information content (AvgIpc) is 3.38. The van der Waals surface area contributed by atoms with Gasteiger partial charge in [-0.25, -0.2) is 4.98 Å². The third-order valence-corrected chi connectivity index (χ3v) is 7.19. The van der Waals surface area contributed by atoms with Gasteiger partial charge < -0.3 is 10.3 Å². The Bertz CT molecular complexity index is 1280. The summed E-state index contributed by atoms with van der Waals surface area (Å²) in [4.78, 5) is 9.79. The number of hydrogen-bond acceptors (Lipinski definition) is 4. The predicted octanol–water partition coefficient (Wildman–Crippen LogP) is 7.30. The van der Waals surface area contributed by atoms with Gasteiger partial charge >= 0.3 is 0 Å². The molecule has 0 aliphatic heterocycles. The summed E-state index contributed by atoms with van der Waals surface area (Å²) < 4.78 is 1.24. The molecule has 28 heavy (non-hydrogen) atoms. The van der Waals surface area contributed by atoms with E-state index in [1.165, 1.54) is 26.1 Å². The number of aryl methyl sites for hydroxylation is 2. The van der Waals surface area contributed by atoms with Gasteiger partial charge in [-0.15, -0.1) is 22.7 Å². The smallest absolute Gasteiger partial charge is 0.127 e. The van der Waals surface area contributed by atoms with Crippen LogP contribution in [0.4, 0.5) is 5.69 Å². The quantitative estimate of drug-likeness (QED) is 0.330. The summed E-state index contributed by atoms with van der Waals surface area (Å²) >= 11 is 3.55. The third-order valence-electron chi connectivity index (χ3n) is 5.10. The molecule has 0 spiro atoms. The van der Waals surface area contributed by atoms with Gasteiger partial charge in [-0.2, -0.15) is 0 Å². The molecule has 0 amide bonds. The number of thiazole rings is 1. The van der Waals surface area contributed by atoms with Crippen molar-refractivity contribution in [1.82, 2.24) is 9.97 Å². The van der Waals surface area contributed by atoms with E-state index in [-0.39, 0.29) is 6.04 Å². The normalized spacial score (nSPS) is 12.7. The maximum absolute atomic E-state index is 4.92. The van der Waals surface area contributed by atoms with E-state index in [2.05, 4.69) is 85.0 Å². The van der Waals surface area contributed by atoms with Gasteiger partial charge in [-0.1, -0.05) is 12.1 Å². The van der Waals surface area contributed by atoms with Crippen LogP contribution in [0.1, 0.15) is 29.1 Å². The Morgan fingerprint density at radius 2 is 1.96 bits per heavy atom. The molecule has 0 aliphatic rings. The molecular weight excluding hydrogens is 382 g/mol. The monoisotopic (exact) mass is 403 g/mol. The van der Waals surface area contributed by atoms with Gasteiger partial charge in [0.2, 0.25) is 0 Å². The van der Waals surface area contributed by atoms with Crippen molar-refractivity contribution in [3.05, 3.63) is 70.0 Å². The van der Waals surface area contributed by atoms with Gasteiger partial charge in [0.15, 0.2) is 0 Å². The van der Waals surface area contributed by atoms with Crippen LogP contribution in [-0.4, -0.2) is 9.97 Å². The fraction of sp³-hybridized carbons (Fsp3) is 0.174. The first kappa shape index (κ1) is 17.5. The molecule has 3 aromatic heterocycles. The number of anilines is 1. The van der Waals surface area contributed by atoms with E-state index in [1.807, 2.05) is 0 Å². The second-order valence-corrected chi connectivity index (χ2v) is 9.27. The first-order valence-electron chi connectivity index (χ1n) is 9.38. The van der Waals surface area contributed by atoms with Crippen LogP contribution in [0.25, 0.3) is 31.7 Å². The summed E-state index contributed by atoms with van der Waals surface area (Å²) in [6.07, 6.45) is 0. The second-order valence-electron chi connectivity index (χ2n) is 7.26. The van der Waals surface area contributed by atoms with E-state index >= 15 is 0 Å². The highest BCUT2D eigenvalue weighted by Gasteiger charge is 2.16.